The van der Waals surface area contributed by atoms with Crippen LogP contribution in [0.2, 0.25) is 10.0 Å². The fraction of sp³-hybridized carbons (Fsp3) is 0.417. The van der Waals surface area contributed by atoms with Gasteiger partial charge in [0.2, 0.25) is 0 Å². The molecule has 1 aliphatic carbocycles. The van der Waals surface area contributed by atoms with E-state index in [4.69, 9.17) is 27.6 Å². The Morgan fingerprint density at radius 3 is 2.50 bits per heavy atom. The zero-order chi connectivity index (χ0) is 11.1. The molecule has 1 fully saturated rings. The van der Waals surface area contributed by atoms with Crippen molar-refractivity contribution in [2.24, 2.45) is 0 Å². The van der Waals surface area contributed by atoms with Crippen LogP contribution in [-0.4, -0.2) is 4.98 Å². The van der Waals surface area contributed by atoms with Crippen LogP contribution in [0.25, 0.3) is 11.1 Å². The van der Waals surface area contributed by atoms with Crippen molar-refractivity contribution in [2.75, 3.05) is 0 Å². The summed E-state index contributed by atoms with van der Waals surface area (Å²) < 4.78 is 5.74. The van der Waals surface area contributed by atoms with E-state index in [0.717, 1.165) is 18.7 Å². The van der Waals surface area contributed by atoms with Gasteiger partial charge < -0.3 is 4.42 Å². The third-order valence-electron chi connectivity index (χ3n) is 3.17. The van der Waals surface area contributed by atoms with Gasteiger partial charge in [0, 0.05) is 5.92 Å². The minimum atomic E-state index is 0.444. The molecule has 1 aromatic carbocycles. The summed E-state index contributed by atoms with van der Waals surface area (Å²) in [5.41, 5.74) is 1.31. The van der Waals surface area contributed by atoms with Crippen LogP contribution in [0.3, 0.4) is 0 Å². The van der Waals surface area contributed by atoms with E-state index in [1.165, 1.54) is 12.8 Å². The number of hydrogen-bond donors (Lipinski definition) is 0. The first-order chi connectivity index (χ1) is 7.75. The van der Waals surface area contributed by atoms with E-state index in [9.17, 15) is 0 Å². The van der Waals surface area contributed by atoms with Gasteiger partial charge in [-0.1, -0.05) is 36.0 Å². The summed E-state index contributed by atoms with van der Waals surface area (Å²) in [6.45, 7) is 0. The summed E-state index contributed by atoms with van der Waals surface area (Å²) in [6.07, 6.45) is 4.82. The summed E-state index contributed by atoms with van der Waals surface area (Å²) in [5.74, 6) is 1.24. The van der Waals surface area contributed by atoms with Crippen LogP contribution in [0.15, 0.2) is 16.5 Å². The molecule has 0 aliphatic heterocycles. The standard InChI is InChI=1S/C12H11Cl2NO/c13-8-5-6-9(14)11-10(8)15-12(16-11)7-3-1-2-4-7/h5-7H,1-4H2. The molecular weight excluding hydrogens is 245 g/mol. The summed E-state index contributed by atoms with van der Waals surface area (Å²) in [5, 5.41) is 1.18. The highest BCUT2D eigenvalue weighted by Crippen LogP contribution is 2.37. The van der Waals surface area contributed by atoms with Gasteiger partial charge in [0.25, 0.3) is 0 Å². The topological polar surface area (TPSA) is 26.0 Å². The second-order valence-corrected chi connectivity index (χ2v) is 5.05. The van der Waals surface area contributed by atoms with Crippen LogP contribution in [0, 0.1) is 0 Å². The summed E-state index contributed by atoms with van der Waals surface area (Å²) in [4.78, 5) is 4.47. The van der Waals surface area contributed by atoms with Gasteiger partial charge in [0.05, 0.1) is 10.0 Å². The Balaban J connectivity index is 2.14. The number of fused-ring (bicyclic) bond motifs is 1. The molecule has 2 nitrogen and oxygen atoms in total. The molecule has 3 rings (SSSR count). The first kappa shape index (κ1) is 10.4. The van der Waals surface area contributed by atoms with Gasteiger partial charge in [-0.15, -0.1) is 0 Å². The zero-order valence-corrected chi connectivity index (χ0v) is 10.2. The first-order valence-electron chi connectivity index (χ1n) is 5.50. The number of hydrogen-bond acceptors (Lipinski definition) is 2. The smallest absolute Gasteiger partial charge is 0.198 e. The van der Waals surface area contributed by atoms with Gasteiger partial charge >= 0.3 is 0 Å². The monoisotopic (exact) mass is 255 g/mol. The molecule has 4 heteroatoms. The quantitative estimate of drug-likeness (QED) is 0.732. The Hall–Kier alpha value is -0.730. The molecule has 1 saturated carbocycles. The van der Waals surface area contributed by atoms with Crippen molar-refractivity contribution in [3.8, 4) is 0 Å². The van der Waals surface area contributed by atoms with E-state index in [0.29, 0.717) is 27.1 Å². The number of oxazole rings is 1. The van der Waals surface area contributed by atoms with Crippen molar-refractivity contribution in [2.45, 2.75) is 31.6 Å². The first-order valence-corrected chi connectivity index (χ1v) is 6.26. The van der Waals surface area contributed by atoms with Gasteiger partial charge in [-0.3, -0.25) is 0 Å². The van der Waals surface area contributed by atoms with Crippen LogP contribution in [0.5, 0.6) is 0 Å². The lowest BCUT2D eigenvalue weighted by Gasteiger charge is -2.00. The Morgan fingerprint density at radius 1 is 1.12 bits per heavy atom. The van der Waals surface area contributed by atoms with Gasteiger partial charge in [-0.2, -0.15) is 0 Å². The summed E-state index contributed by atoms with van der Waals surface area (Å²) >= 11 is 12.1. The van der Waals surface area contributed by atoms with Crippen molar-refractivity contribution in [1.29, 1.82) is 0 Å². The molecule has 0 radical (unpaired) electrons. The van der Waals surface area contributed by atoms with Crippen LogP contribution >= 0.6 is 23.2 Å². The van der Waals surface area contributed by atoms with Crippen LogP contribution in [-0.2, 0) is 0 Å². The SMILES string of the molecule is Clc1ccc(Cl)c2oc(C3CCCC3)nc12. The molecule has 0 unspecified atom stereocenters. The molecule has 0 N–H and O–H groups in total. The Bertz CT molecular complexity index is 490. The van der Waals surface area contributed by atoms with E-state index in [1.54, 1.807) is 12.1 Å². The van der Waals surface area contributed by atoms with Crippen molar-refractivity contribution >= 4 is 34.3 Å². The van der Waals surface area contributed by atoms with Crippen molar-refractivity contribution in [3.05, 3.63) is 28.1 Å². The van der Waals surface area contributed by atoms with Crippen LogP contribution in [0.1, 0.15) is 37.5 Å². The fourth-order valence-electron chi connectivity index (χ4n) is 2.31. The molecule has 0 saturated heterocycles. The van der Waals surface area contributed by atoms with Gasteiger partial charge in [0.1, 0.15) is 5.52 Å². The Morgan fingerprint density at radius 2 is 1.81 bits per heavy atom. The molecule has 0 spiro atoms. The minimum Gasteiger partial charge on any atom is -0.439 e. The predicted octanol–water partition coefficient (Wildman–Crippen LogP) is 4.79. The maximum absolute atomic E-state index is 6.07. The molecule has 84 valence electrons. The highest BCUT2D eigenvalue weighted by molar-refractivity contribution is 6.39. The van der Waals surface area contributed by atoms with Gasteiger partial charge in [-0.25, -0.2) is 4.98 Å². The highest BCUT2D eigenvalue weighted by Gasteiger charge is 2.23. The second kappa shape index (κ2) is 3.94. The molecule has 16 heavy (non-hydrogen) atoms. The number of benzene rings is 1. The third kappa shape index (κ3) is 1.61. The number of rotatable bonds is 1. The zero-order valence-electron chi connectivity index (χ0n) is 8.67. The predicted molar refractivity (Wildman–Crippen MR) is 65.2 cm³/mol. The van der Waals surface area contributed by atoms with Crippen molar-refractivity contribution in [3.63, 3.8) is 0 Å². The lowest BCUT2D eigenvalue weighted by molar-refractivity contribution is 0.474. The van der Waals surface area contributed by atoms with E-state index < -0.39 is 0 Å². The van der Waals surface area contributed by atoms with Gasteiger partial charge in [0.15, 0.2) is 11.5 Å². The highest BCUT2D eigenvalue weighted by atomic mass is 35.5. The molecule has 0 bridgehead atoms. The molecule has 1 aromatic heterocycles. The molecule has 1 aliphatic rings. The van der Waals surface area contributed by atoms with Crippen LogP contribution < -0.4 is 0 Å². The molecule has 0 atom stereocenters. The normalized spacial score (nSPS) is 17.4. The lowest BCUT2D eigenvalue weighted by atomic mass is 10.1. The average molecular weight is 256 g/mol. The van der Waals surface area contributed by atoms with Gasteiger partial charge in [-0.05, 0) is 25.0 Å². The van der Waals surface area contributed by atoms with E-state index in [2.05, 4.69) is 4.98 Å². The maximum atomic E-state index is 6.07. The Labute approximate surface area is 104 Å². The molecule has 0 amide bonds. The van der Waals surface area contributed by atoms with E-state index in [-0.39, 0.29) is 0 Å². The van der Waals surface area contributed by atoms with E-state index >= 15 is 0 Å². The Kier molecular flexibility index (Phi) is 2.56. The summed E-state index contributed by atoms with van der Waals surface area (Å²) in [7, 11) is 0. The van der Waals surface area contributed by atoms with E-state index in [1.807, 2.05) is 0 Å². The number of aromatic nitrogens is 1. The largest absolute Gasteiger partial charge is 0.439 e. The number of halogens is 2. The van der Waals surface area contributed by atoms with Crippen molar-refractivity contribution in [1.82, 2.24) is 4.98 Å². The fourth-order valence-corrected chi connectivity index (χ4v) is 2.69. The van der Waals surface area contributed by atoms with Crippen LogP contribution in [0.4, 0.5) is 0 Å². The minimum absolute atomic E-state index is 0.444. The molecule has 1 heterocycles. The number of nitrogens with zero attached hydrogens (tertiary/aromatic N) is 1. The third-order valence-corrected chi connectivity index (χ3v) is 3.77. The maximum Gasteiger partial charge on any atom is 0.198 e. The summed E-state index contributed by atoms with van der Waals surface area (Å²) in [6, 6.07) is 3.50. The lowest BCUT2D eigenvalue weighted by Crippen LogP contribution is -1.90. The average Bonchev–Trinajstić information content (AvgIpc) is 2.90. The second-order valence-electron chi connectivity index (χ2n) is 4.24. The molecular formula is C12H11Cl2NO. The molecule has 2 aromatic rings. The van der Waals surface area contributed by atoms with Crippen molar-refractivity contribution < 1.29 is 4.42 Å².